The molecular formula is C10H10BrClN4O2S. The summed E-state index contributed by atoms with van der Waals surface area (Å²) in [7, 11) is -3.65. The Balaban J connectivity index is 2.25. The Labute approximate surface area is 123 Å². The van der Waals surface area contributed by atoms with Gasteiger partial charge in [-0.15, -0.1) is 0 Å². The molecule has 0 bridgehead atoms. The second-order valence-corrected chi connectivity index (χ2v) is 6.77. The quantitative estimate of drug-likeness (QED) is 0.870. The number of rotatable bonds is 4. The third kappa shape index (κ3) is 3.33. The van der Waals surface area contributed by atoms with E-state index in [0.717, 1.165) is 0 Å². The summed E-state index contributed by atoms with van der Waals surface area (Å²) >= 11 is 9.02. The van der Waals surface area contributed by atoms with Crippen LogP contribution in [-0.2, 0) is 10.0 Å². The van der Waals surface area contributed by atoms with Crippen LogP contribution in [0.25, 0.3) is 0 Å². The fraction of sp³-hybridized carbons (Fsp3) is 0.200. The van der Waals surface area contributed by atoms with Gasteiger partial charge in [-0.2, -0.15) is 5.10 Å². The van der Waals surface area contributed by atoms with Gasteiger partial charge >= 0.3 is 0 Å². The smallest absolute Gasteiger partial charge is 0.241 e. The van der Waals surface area contributed by atoms with Crippen molar-refractivity contribution in [2.24, 2.45) is 0 Å². The van der Waals surface area contributed by atoms with Gasteiger partial charge in [-0.25, -0.2) is 18.1 Å². The molecule has 9 heteroatoms. The van der Waals surface area contributed by atoms with E-state index in [1.165, 1.54) is 24.5 Å². The van der Waals surface area contributed by atoms with Crippen LogP contribution in [-0.4, -0.2) is 23.6 Å². The highest BCUT2D eigenvalue weighted by Crippen LogP contribution is 2.25. The van der Waals surface area contributed by atoms with Crippen LogP contribution in [0.4, 0.5) is 0 Å². The second-order valence-electron chi connectivity index (χ2n) is 3.79. The van der Waals surface area contributed by atoms with E-state index in [1.54, 1.807) is 6.92 Å². The first-order chi connectivity index (χ1) is 8.90. The van der Waals surface area contributed by atoms with Crippen molar-refractivity contribution in [2.75, 3.05) is 0 Å². The summed E-state index contributed by atoms with van der Waals surface area (Å²) in [5.41, 5.74) is 0. The standard InChI is InChI=1S/C10H10BrClN4O2S/c1-6(10-13-5-14-15-10)16-19(17,18)7-2-3-9(12)8(11)4-7/h2-6,16H,1H3,(H,13,14,15). The molecule has 0 radical (unpaired) electrons. The van der Waals surface area contributed by atoms with Crippen molar-refractivity contribution in [1.82, 2.24) is 19.9 Å². The van der Waals surface area contributed by atoms with Crippen LogP contribution in [0, 0.1) is 0 Å². The predicted octanol–water partition coefficient (Wildman–Crippen LogP) is 2.26. The molecule has 0 aliphatic carbocycles. The third-order valence-electron chi connectivity index (χ3n) is 2.38. The van der Waals surface area contributed by atoms with Gasteiger partial charge in [-0.05, 0) is 41.1 Å². The van der Waals surface area contributed by atoms with E-state index < -0.39 is 16.1 Å². The molecule has 0 aliphatic rings. The molecule has 1 atom stereocenters. The fourth-order valence-corrected chi connectivity index (χ4v) is 3.31. The lowest BCUT2D eigenvalue weighted by molar-refractivity contribution is 0.560. The molecule has 1 aromatic carbocycles. The summed E-state index contributed by atoms with van der Waals surface area (Å²) < 4.78 is 27.3. The van der Waals surface area contributed by atoms with Crippen molar-refractivity contribution in [2.45, 2.75) is 17.9 Å². The predicted molar refractivity (Wildman–Crippen MR) is 74.3 cm³/mol. The Hall–Kier alpha value is -0.960. The number of sulfonamides is 1. The third-order valence-corrected chi connectivity index (χ3v) is 5.13. The molecule has 0 saturated heterocycles. The molecule has 0 saturated carbocycles. The Morgan fingerprint density at radius 3 is 2.79 bits per heavy atom. The van der Waals surface area contributed by atoms with Crippen LogP contribution in [0.15, 0.2) is 33.9 Å². The number of nitrogens with zero attached hydrogens (tertiary/aromatic N) is 2. The van der Waals surface area contributed by atoms with E-state index >= 15 is 0 Å². The summed E-state index contributed by atoms with van der Waals surface area (Å²) in [4.78, 5) is 4.02. The maximum absolute atomic E-state index is 12.2. The summed E-state index contributed by atoms with van der Waals surface area (Å²) in [5, 5.41) is 6.74. The molecule has 0 fully saturated rings. The van der Waals surface area contributed by atoms with Crippen molar-refractivity contribution in [3.63, 3.8) is 0 Å². The van der Waals surface area contributed by atoms with Gasteiger partial charge in [0.25, 0.3) is 0 Å². The van der Waals surface area contributed by atoms with Crippen LogP contribution in [0.2, 0.25) is 5.02 Å². The number of benzene rings is 1. The first kappa shape index (κ1) is 14.4. The topological polar surface area (TPSA) is 87.7 Å². The van der Waals surface area contributed by atoms with E-state index in [-0.39, 0.29) is 4.90 Å². The zero-order valence-corrected chi connectivity index (χ0v) is 12.9. The molecule has 102 valence electrons. The lowest BCUT2D eigenvalue weighted by Crippen LogP contribution is -2.27. The maximum atomic E-state index is 12.2. The number of H-pyrrole nitrogens is 1. The molecule has 0 spiro atoms. The molecule has 0 aliphatic heterocycles. The number of nitrogens with one attached hydrogen (secondary N) is 2. The van der Waals surface area contributed by atoms with Crippen molar-refractivity contribution in [1.29, 1.82) is 0 Å². The number of halogens is 2. The number of hydrogen-bond donors (Lipinski definition) is 2. The van der Waals surface area contributed by atoms with Crippen LogP contribution < -0.4 is 4.72 Å². The summed E-state index contributed by atoms with van der Waals surface area (Å²) in [6.45, 7) is 1.67. The molecule has 2 N–H and O–H groups in total. The summed E-state index contributed by atoms with van der Waals surface area (Å²) in [6, 6.07) is 3.88. The Bertz CT molecular complexity index is 675. The molecule has 19 heavy (non-hydrogen) atoms. The first-order valence-electron chi connectivity index (χ1n) is 5.23. The Morgan fingerprint density at radius 2 is 2.21 bits per heavy atom. The average molecular weight is 366 g/mol. The molecular weight excluding hydrogens is 356 g/mol. The average Bonchev–Trinajstić information content (AvgIpc) is 2.85. The van der Waals surface area contributed by atoms with E-state index in [2.05, 4.69) is 35.8 Å². The Morgan fingerprint density at radius 1 is 1.47 bits per heavy atom. The minimum Gasteiger partial charge on any atom is -0.262 e. The highest BCUT2D eigenvalue weighted by atomic mass is 79.9. The normalized spacial score (nSPS) is 13.4. The molecule has 1 aromatic heterocycles. The van der Waals surface area contributed by atoms with Gasteiger partial charge < -0.3 is 0 Å². The maximum Gasteiger partial charge on any atom is 0.241 e. The van der Waals surface area contributed by atoms with Gasteiger partial charge in [-0.3, -0.25) is 5.10 Å². The van der Waals surface area contributed by atoms with Crippen LogP contribution in [0.1, 0.15) is 18.8 Å². The minimum atomic E-state index is -3.65. The van der Waals surface area contributed by atoms with Crippen molar-refractivity contribution < 1.29 is 8.42 Å². The van der Waals surface area contributed by atoms with Crippen LogP contribution >= 0.6 is 27.5 Å². The van der Waals surface area contributed by atoms with E-state index in [1.807, 2.05) is 0 Å². The number of aromatic nitrogens is 3. The highest BCUT2D eigenvalue weighted by Gasteiger charge is 2.20. The first-order valence-corrected chi connectivity index (χ1v) is 7.88. The van der Waals surface area contributed by atoms with E-state index in [9.17, 15) is 8.42 Å². The molecule has 2 rings (SSSR count). The van der Waals surface area contributed by atoms with Crippen molar-refractivity contribution in [3.05, 3.63) is 39.8 Å². The number of hydrogen-bond acceptors (Lipinski definition) is 4. The molecule has 1 heterocycles. The van der Waals surface area contributed by atoms with E-state index in [4.69, 9.17) is 11.6 Å². The minimum absolute atomic E-state index is 0.121. The van der Waals surface area contributed by atoms with Gasteiger partial charge in [-0.1, -0.05) is 11.6 Å². The van der Waals surface area contributed by atoms with Gasteiger partial charge in [0.15, 0.2) is 0 Å². The van der Waals surface area contributed by atoms with Crippen LogP contribution in [0.3, 0.4) is 0 Å². The largest absolute Gasteiger partial charge is 0.262 e. The molecule has 1 unspecified atom stereocenters. The van der Waals surface area contributed by atoms with E-state index in [0.29, 0.717) is 15.3 Å². The highest BCUT2D eigenvalue weighted by molar-refractivity contribution is 9.10. The van der Waals surface area contributed by atoms with Gasteiger partial charge in [0, 0.05) is 4.47 Å². The molecule has 0 amide bonds. The van der Waals surface area contributed by atoms with Gasteiger partial charge in [0.05, 0.1) is 16.0 Å². The lowest BCUT2D eigenvalue weighted by Gasteiger charge is -2.12. The van der Waals surface area contributed by atoms with Gasteiger partial charge in [0.1, 0.15) is 12.2 Å². The second kappa shape index (κ2) is 5.58. The van der Waals surface area contributed by atoms with Gasteiger partial charge in [0.2, 0.25) is 10.0 Å². The monoisotopic (exact) mass is 364 g/mol. The lowest BCUT2D eigenvalue weighted by atomic mass is 10.3. The summed E-state index contributed by atoms with van der Waals surface area (Å²) in [5.74, 6) is 0.441. The molecule has 2 aromatic rings. The Kier molecular flexibility index (Phi) is 4.24. The fourth-order valence-electron chi connectivity index (χ4n) is 1.42. The zero-order chi connectivity index (χ0) is 14.0. The zero-order valence-electron chi connectivity index (χ0n) is 9.76. The molecule has 6 nitrogen and oxygen atoms in total. The summed E-state index contributed by atoms with van der Waals surface area (Å²) in [6.07, 6.45) is 1.32. The SMILES string of the molecule is CC(NS(=O)(=O)c1ccc(Cl)c(Br)c1)c1ncn[nH]1. The van der Waals surface area contributed by atoms with Crippen molar-refractivity contribution in [3.8, 4) is 0 Å². The number of aromatic amines is 1. The van der Waals surface area contributed by atoms with Crippen LogP contribution in [0.5, 0.6) is 0 Å². The van der Waals surface area contributed by atoms with Crippen molar-refractivity contribution >= 4 is 37.6 Å².